The first-order valence-corrected chi connectivity index (χ1v) is 15.7. The Hall–Kier alpha value is -5.75. The third-order valence-corrected chi connectivity index (χ3v) is 7.54. The molecule has 0 saturated carbocycles. The predicted molar refractivity (Wildman–Crippen MR) is 185 cm³/mol. The lowest BCUT2D eigenvalue weighted by Crippen LogP contribution is -2.22. The molecule has 0 aliphatic heterocycles. The van der Waals surface area contributed by atoms with Gasteiger partial charge in [0.2, 0.25) is 5.96 Å². The Morgan fingerprint density at radius 2 is 1.47 bits per heavy atom. The van der Waals surface area contributed by atoms with Gasteiger partial charge >= 0.3 is 6.18 Å². The van der Waals surface area contributed by atoms with Crippen molar-refractivity contribution in [1.82, 2.24) is 14.9 Å². The third kappa shape index (κ3) is 9.64. The maximum Gasteiger partial charge on any atom is 0.433 e. The molecular weight excluding hydrogens is 631 g/mol. The van der Waals surface area contributed by atoms with E-state index in [1.165, 1.54) is 0 Å². The fourth-order valence-corrected chi connectivity index (χ4v) is 4.93. The summed E-state index contributed by atoms with van der Waals surface area (Å²) in [6, 6.07) is 31.2. The molecule has 0 unspecified atom stereocenters. The van der Waals surface area contributed by atoms with Crippen molar-refractivity contribution in [3.05, 3.63) is 137 Å². The van der Waals surface area contributed by atoms with Gasteiger partial charge in [0.25, 0.3) is 5.95 Å². The molecule has 252 valence electrons. The lowest BCUT2D eigenvalue weighted by molar-refractivity contribution is -0.141. The van der Waals surface area contributed by atoms with Crippen molar-refractivity contribution in [2.75, 3.05) is 23.7 Å². The van der Waals surface area contributed by atoms with Crippen LogP contribution in [0.5, 0.6) is 5.75 Å². The number of carbonyl (C=O) groups is 1. The van der Waals surface area contributed by atoms with E-state index in [1.54, 1.807) is 60.7 Å². The van der Waals surface area contributed by atoms with Crippen LogP contribution in [0, 0.1) is 0 Å². The maximum absolute atomic E-state index is 13.9. The van der Waals surface area contributed by atoms with E-state index in [2.05, 4.69) is 44.3 Å². The summed E-state index contributed by atoms with van der Waals surface area (Å²) in [4.78, 5) is 26.7. The van der Waals surface area contributed by atoms with E-state index in [0.717, 1.165) is 30.3 Å². The predicted octanol–water partition coefficient (Wildman–Crippen LogP) is 7.95. The highest BCUT2D eigenvalue weighted by Crippen LogP contribution is 2.32. The van der Waals surface area contributed by atoms with Crippen molar-refractivity contribution < 1.29 is 22.7 Å². The normalized spacial score (nSPS) is 11.8. The number of ether oxygens (including phenoxy) is 1. The summed E-state index contributed by atoms with van der Waals surface area (Å²) < 4.78 is 47.8. The Morgan fingerprint density at radius 1 is 0.837 bits per heavy atom. The van der Waals surface area contributed by atoms with E-state index in [-0.39, 0.29) is 17.6 Å². The van der Waals surface area contributed by atoms with Crippen LogP contribution in [-0.4, -0.2) is 39.7 Å². The fraction of sp³-hybridized carbons (Fsp3) is 0.189. The van der Waals surface area contributed by atoms with Crippen LogP contribution in [0.4, 0.5) is 36.3 Å². The monoisotopic (exact) mass is 667 g/mol. The van der Waals surface area contributed by atoms with Crippen LogP contribution in [0.2, 0.25) is 0 Å². The average molecular weight is 668 g/mol. The van der Waals surface area contributed by atoms with Crippen LogP contribution >= 0.6 is 0 Å². The van der Waals surface area contributed by atoms with E-state index in [1.807, 2.05) is 42.5 Å². The number of hydrogen-bond acceptors (Lipinski definition) is 7. The maximum atomic E-state index is 13.9. The Bertz CT molecular complexity index is 1880. The number of ketones is 1. The van der Waals surface area contributed by atoms with Crippen molar-refractivity contribution in [3.63, 3.8) is 0 Å². The van der Waals surface area contributed by atoms with Crippen molar-refractivity contribution in [2.45, 2.75) is 33.2 Å². The van der Waals surface area contributed by atoms with Crippen LogP contribution in [-0.2, 0) is 19.3 Å². The minimum Gasteiger partial charge on any atom is -0.489 e. The highest BCUT2D eigenvalue weighted by Gasteiger charge is 2.34. The number of carbonyl (C=O) groups excluding carboxylic acids is 1. The molecule has 0 saturated heterocycles. The highest BCUT2D eigenvalue weighted by atomic mass is 19.4. The summed E-state index contributed by atoms with van der Waals surface area (Å²) in [5.41, 5.74) is 8.69. The summed E-state index contributed by atoms with van der Waals surface area (Å²) in [6.45, 7) is 6.66. The number of hydrogen-bond donors (Lipinski definition) is 3. The van der Waals surface area contributed by atoms with E-state index in [4.69, 9.17) is 10.5 Å². The summed E-state index contributed by atoms with van der Waals surface area (Å²) in [6.07, 6.45) is -4.77. The summed E-state index contributed by atoms with van der Waals surface area (Å²) in [7, 11) is 0. The van der Waals surface area contributed by atoms with E-state index in [9.17, 15) is 18.0 Å². The first-order valence-electron chi connectivity index (χ1n) is 15.7. The quantitative estimate of drug-likeness (QED) is 0.0658. The molecule has 0 bridgehead atoms. The summed E-state index contributed by atoms with van der Waals surface area (Å²) in [5, 5.41) is 5.78. The van der Waals surface area contributed by atoms with Gasteiger partial charge in [0.15, 0.2) is 11.5 Å². The molecule has 4 N–H and O–H groups in total. The molecule has 0 amide bonds. The molecule has 0 aliphatic rings. The number of nitrogens with one attached hydrogen (secondary N) is 2. The molecule has 0 atom stereocenters. The number of benzene rings is 4. The number of halogens is 3. The van der Waals surface area contributed by atoms with Crippen LogP contribution in [0.25, 0.3) is 0 Å². The Labute approximate surface area is 282 Å². The molecule has 49 heavy (non-hydrogen) atoms. The molecule has 1 heterocycles. The highest BCUT2D eigenvalue weighted by molar-refractivity contribution is 6.09. The van der Waals surface area contributed by atoms with Gasteiger partial charge in [0, 0.05) is 40.7 Å². The van der Waals surface area contributed by atoms with Crippen molar-refractivity contribution >= 4 is 34.9 Å². The Balaban J connectivity index is 1.36. The zero-order valence-corrected chi connectivity index (χ0v) is 27.0. The van der Waals surface area contributed by atoms with Gasteiger partial charge in [-0.3, -0.25) is 9.69 Å². The van der Waals surface area contributed by atoms with Crippen LogP contribution < -0.4 is 21.1 Å². The number of alkyl halides is 3. The number of aliphatic imine (C=N–C) groups is 1. The number of rotatable bonds is 13. The SMILES string of the molecule is CCN(CC)Cc1cc(Nc2cc(C(F)(F)F)nc(/N=C(\N)Nc3ccc(C(=O)c4ccccc4)cc3)n2)ccc1OCc1ccccc1. The first kappa shape index (κ1) is 34.6. The fourth-order valence-electron chi connectivity index (χ4n) is 4.93. The molecule has 9 nitrogen and oxygen atoms in total. The molecule has 4 aromatic carbocycles. The second-order valence-corrected chi connectivity index (χ2v) is 11.0. The Morgan fingerprint density at radius 3 is 2.12 bits per heavy atom. The standard InChI is InChI=1S/C37H36F3N7O2/c1-3-47(4-2)23-28-21-30(19-20-31(28)49-24-25-11-7-5-8-12-25)42-33-22-32(37(38,39)40)44-36(45-33)46-35(41)43-29-17-15-27(16-18-29)34(48)26-13-9-6-10-14-26/h5-22H,3-4,23-24H2,1-2H3,(H4,41,42,43,44,45,46). The van der Waals surface area contributed by atoms with Crippen LogP contribution in [0.15, 0.2) is 114 Å². The second kappa shape index (κ2) is 15.9. The van der Waals surface area contributed by atoms with E-state index in [0.29, 0.717) is 41.4 Å². The Kier molecular flexibility index (Phi) is 11.2. The number of aromatic nitrogens is 2. The van der Waals surface area contributed by atoms with E-state index < -0.39 is 17.8 Å². The summed E-state index contributed by atoms with van der Waals surface area (Å²) >= 11 is 0. The zero-order valence-electron chi connectivity index (χ0n) is 27.0. The average Bonchev–Trinajstić information content (AvgIpc) is 3.10. The molecule has 0 radical (unpaired) electrons. The van der Waals surface area contributed by atoms with Gasteiger partial charge < -0.3 is 21.1 Å². The van der Waals surface area contributed by atoms with Crippen LogP contribution in [0.1, 0.15) is 46.6 Å². The third-order valence-electron chi connectivity index (χ3n) is 7.54. The first-order chi connectivity index (χ1) is 23.6. The van der Waals surface area contributed by atoms with Crippen LogP contribution in [0.3, 0.4) is 0 Å². The number of guanidine groups is 1. The van der Waals surface area contributed by atoms with Gasteiger partial charge in [-0.1, -0.05) is 74.5 Å². The molecule has 0 fully saturated rings. The number of nitrogens with two attached hydrogens (primary N) is 1. The van der Waals surface area contributed by atoms with Gasteiger partial charge in [-0.15, -0.1) is 0 Å². The van der Waals surface area contributed by atoms with Crippen molar-refractivity contribution in [3.8, 4) is 5.75 Å². The molecular formula is C37H36F3N7O2. The van der Waals surface area contributed by atoms with Gasteiger partial charge in [-0.05, 0) is 61.1 Å². The van der Waals surface area contributed by atoms with Crippen molar-refractivity contribution in [1.29, 1.82) is 0 Å². The largest absolute Gasteiger partial charge is 0.489 e. The molecule has 12 heteroatoms. The lowest BCUT2D eigenvalue weighted by atomic mass is 10.0. The molecule has 0 aliphatic carbocycles. The zero-order chi connectivity index (χ0) is 34.8. The molecule has 5 aromatic rings. The topological polar surface area (TPSA) is 118 Å². The number of anilines is 3. The van der Waals surface area contributed by atoms with Gasteiger partial charge in [0.05, 0.1) is 0 Å². The minimum absolute atomic E-state index is 0.121. The second-order valence-electron chi connectivity index (χ2n) is 11.0. The molecule has 1 aromatic heterocycles. The lowest BCUT2D eigenvalue weighted by Gasteiger charge is -2.21. The van der Waals surface area contributed by atoms with Crippen molar-refractivity contribution in [2.24, 2.45) is 10.7 Å². The minimum atomic E-state index is -4.77. The van der Waals surface area contributed by atoms with Gasteiger partial charge in [-0.2, -0.15) is 23.1 Å². The van der Waals surface area contributed by atoms with Gasteiger partial charge in [-0.25, -0.2) is 4.98 Å². The molecule has 5 rings (SSSR count). The number of nitrogens with zero attached hydrogens (tertiary/aromatic N) is 4. The smallest absolute Gasteiger partial charge is 0.433 e. The summed E-state index contributed by atoms with van der Waals surface area (Å²) in [5.74, 6) is -0.343. The van der Waals surface area contributed by atoms with Gasteiger partial charge in [0.1, 0.15) is 18.2 Å². The van der Waals surface area contributed by atoms with E-state index >= 15 is 0 Å². The molecule has 0 spiro atoms.